The molecule has 1 atom stereocenters. The summed E-state index contributed by atoms with van der Waals surface area (Å²) in [6, 6.07) is -0.534. The first-order valence-electron chi connectivity index (χ1n) is 4.72. The second-order valence-electron chi connectivity index (χ2n) is 3.72. The SMILES string of the molecule is CC(=O)OC1(C)CCCCN1C(N)=O. The molecule has 0 aromatic carbocycles. The summed E-state index contributed by atoms with van der Waals surface area (Å²) in [4.78, 5) is 23.4. The van der Waals surface area contributed by atoms with Crippen LogP contribution in [0.25, 0.3) is 0 Å². The summed E-state index contributed by atoms with van der Waals surface area (Å²) in [5.41, 5.74) is 4.36. The topological polar surface area (TPSA) is 72.6 Å². The Labute approximate surface area is 83.2 Å². The summed E-state index contributed by atoms with van der Waals surface area (Å²) in [5.74, 6) is -0.388. The number of esters is 1. The van der Waals surface area contributed by atoms with Crippen LogP contribution in [0.15, 0.2) is 0 Å². The first kappa shape index (κ1) is 10.8. The average molecular weight is 200 g/mol. The number of likely N-dealkylation sites (tertiary alicyclic amines) is 1. The van der Waals surface area contributed by atoms with E-state index < -0.39 is 11.8 Å². The van der Waals surface area contributed by atoms with Crippen molar-refractivity contribution in [3.05, 3.63) is 0 Å². The van der Waals surface area contributed by atoms with Crippen molar-refractivity contribution >= 4 is 12.0 Å². The molecule has 14 heavy (non-hydrogen) atoms. The van der Waals surface area contributed by atoms with Gasteiger partial charge in [-0.2, -0.15) is 0 Å². The molecule has 5 heteroatoms. The van der Waals surface area contributed by atoms with Crippen LogP contribution >= 0.6 is 0 Å². The predicted octanol–water partition coefficient (Wildman–Crippen LogP) is 0.830. The van der Waals surface area contributed by atoms with Gasteiger partial charge >= 0.3 is 12.0 Å². The fourth-order valence-corrected chi connectivity index (χ4v) is 1.85. The molecule has 80 valence electrons. The number of primary amides is 1. The van der Waals surface area contributed by atoms with Gasteiger partial charge in [0.15, 0.2) is 5.72 Å². The summed E-state index contributed by atoms with van der Waals surface area (Å²) in [6.45, 7) is 3.61. The summed E-state index contributed by atoms with van der Waals surface area (Å²) >= 11 is 0. The Hall–Kier alpha value is -1.26. The van der Waals surface area contributed by atoms with Crippen LogP contribution in [-0.2, 0) is 9.53 Å². The van der Waals surface area contributed by atoms with E-state index in [0.717, 1.165) is 12.8 Å². The molecule has 1 unspecified atom stereocenters. The fourth-order valence-electron chi connectivity index (χ4n) is 1.85. The number of hydrogen-bond donors (Lipinski definition) is 1. The van der Waals surface area contributed by atoms with Crippen molar-refractivity contribution in [2.45, 2.75) is 38.8 Å². The number of carbonyl (C=O) groups excluding carboxylic acids is 2. The number of hydrogen-bond acceptors (Lipinski definition) is 3. The Balaban J connectivity index is 2.79. The van der Waals surface area contributed by atoms with Gasteiger partial charge in [-0.25, -0.2) is 4.79 Å². The molecule has 2 amide bonds. The van der Waals surface area contributed by atoms with Gasteiger partial charge in [-0.05, 0) is 19.8 Å². The maximum atomic E-state index is 11.1. The highest BCUT2D eigenvalue weighted by Crippen LogP contribution is 2.28. The van der Waals surface area contributed by atoms with Gasteiger partial charge in [0.25, 0.3) is 0 Å². The zero-order valence-electron chi connectivity index (χ0n) is 8.58. The Morgan fingerprint density at radius 1 is 1.43 bits per heavy atom. The van der Waals surface area contributed by atoms with Gasteiger partial charge in [-0.3, -0.25) is 9.69 Å². The monoisotopic (exact) mass is 200 g/mol. The molecule has 1 rings (SSSR count). The van der Waals surface area contributed by atoms with E-state index >= 15 is 0 Å². The van der Waals surface area contributed by atoms with Crippen LogP contribution in [0.1, 0.15) is 33.1 Å². The predicted molar refractivity (Wildman–Crippen MR) is 50.3 cm³/mol. The lowest BCUT2D eigenvalue weighted by Crippen LogP contribution is -2.56. The Morgan fingerprint density at radius 3 is 2.57 bits per heavy atom. The quantitative estimate of drug-likeness (QED) is 0.637. The summed E-state index contributed by atoms with van der Waals surface area (Å²) in [5, 5.41) is 0. The van der Waals surface area contributed by atoms with Crippen molar-refractivity contribution in [2.75, 3.05) is 6.54 Å². The number of nitrogens with zero attached hydrogens (tertiary/aromatic N) is 1. The Morgan fingerprint density at radius 2 is 2.07 bits per heavy atom. The normalized spacial score (nSPS) is 27.1. The zero-order chi connectivity index (χ0) is 10.8. The van der Waals surface area contributed by atoms with Gasteiger partial charge in [0.2, 0.25) is 0 Å². The minimum atomic E-state index is -0.851. The van der Waals surface area contributed by atoms with E-state index in [4.69, 9.17) is 10.5 Å². The third kappa shape index (κ3) is 2.16. The van der Waals surface area contributed by atoms with Crippen molar-refractivity contribution in [2.24, 2.45) is 5.73 Å². The number of piperidine rings is 1. The highest BCUT2D eigenvalue weighted by Gasteiger charge is 2.39. The van der Waals surface area contributed by atoms with Crippen LogP contribution in [0.5, 0.6) is 0 Å². The zero-order valence-corrected chi connectivity index (χ0v) is 8.58. The van der Waals surface area contributed by atoms with Gasteiger partial charge in [0.1, 0.15) is 0 Å². The maximum Gasteiger partial charge on any atom is 0.317 e. The van der Waals surface area contributed by atoms with Crippen molar-refractivity contribution in [1.29, 1.82) is 0 Å². The number of urea groups is 1. The molecule has 1 fully saturated rings. The first-order chi connectivity index (χ1) is 6.46. The number of nitrogens with two attached hydrogens (primary N) is 1. The minimum absolute atomic E-state index is 0.388. The molecule has 0 aromatic heterocycles. The van der Waals surface area contributed by atoms with Crippen molar-refractivity contribution in [1.82, 2.24) is 4.90 Å². The molecule has 5 nitrogen and oxygen atoms in total. The van der Waals surface area contributed by atoms with Crippen LogP contribution in [0, 0.1) is 0 Å². The third-order valence-corrected chi connectivity index (χ3v) is 2.47. The van der Waals surface area contributed by atoms with Crippen molar-refractivity contribution < 1.29 is 14.3 Å². The molecule has 0 saturated carbocycles. The molecule has 1 saturated heterocycles. The number of carbonyl (C=O) groups is 2. The van der Waals surface area contributed by atoms with E-state index in [9.17, 15) is 9.59 Å². The van der Waals surface area contributed by atoms with Gasteiger partial charge in [-0.15, -0.1) is 0 Å². The van der Waals surface area contributed by atoms with Gasteiger partial charge in [0, 0.05) is 19.9 Å². The molecule has 0 bridgehead atoms. The van der Waals surface area contributed by atoms with Gasteiger partial charge < -0.3 is 10.5 Å². The summed E-state index contributed by atoms with van der Waals surface area (Å²) < 4.78 is 5.14. The molecule has 1 aliphatic rings. The summed E-state index contributed by atoms with van der Waals surface area (Å²) in [6.07, 6.45) is 2.49. The average Bonchev–Trinajstić information content (AvgIpc) is 2.01. The standard InChI is InChI=1S/C9H16N2O3/c1-7(12)14-9(2)5-3-4-6-11(9)8(10)13/h3-6H2,1-2H3,(H2,10,13). The van der Waals surface area contributed by atoms with Crippen LogP contribution in [-0.4, -0.2) is 29.2 Å². The number of rotatable bonds is 1. The van der Waals surface area contributed by atoms with Crippen molar-refractivity contribution in [3.63, 3.8) is 0 Å². The lowest BCUT2D eigenvalue weighted by atomic mass is 10.0. The van der Waals surface area contributed by atoms with Gasteiger partial charge in [0.05, 0.1) is 0 Å². The van der Waals surface area contributed by atoms with E-state index in [2.05, 4.69) is 0 Å². The van der Waals surface area contributed by atoms with Crippen LogP contribution < -0.4 is 5.73 Å². The first-order valence-corrected chi connectivity index (χ1v) is 4.72. The highest BCUT2D eigenvalue weighted by atomic mass is 16.6. The minimum Gasteiger partial charge on any atom is -0.439 e. The third-order valence-electron chi connectivity index (χ3n) is 2.47. The Kier molecular flexibility index (Phi) is 2.98. The molecule has 0 spiro atoms. The van der Waals surface area contributed by atoms with E-state index in [1.54, 1.807) is 6.92 Å². The molecule has 1 heterocycles. The second kappa shape index (κ2) is 3.86. The molecule has 1 aliphatic heterocycles. The molecule has 2 N–H and O–H groups in total. The smallest absolute Gasteiger partial charge is 0.317 e. The molecule has 0 aromatic rings. The largest absolute Gasteiger partial charge is 0.439 e. The maximum absolute atomic E-state index is 11.1. The molecular formula is C9H16N2O3. The van der Waals surface area contributed by atoms with E-state index in [0.29, 0.717) is 13.0 Å². The molecule has 0 aliphatic carbocycles. The van der Waals surface area contributed by atoms with E-state index in [1.165, 1.54) is 11.8 Å². The second-order valence-corrected chi connectivity index (χ2v) is 3.72. The molecular weight excluding hydrogens is 184 g/mol. The lowest BCUT2D eigenvalue weighted by molar-refractivity contribution is -0.177. The number of ether oxygens (including phenoxy) is 1. The summed E-state index contributed by atoms with van der Waals surface area (Å²) in [7, 11) is 0. The van der Waals surface area contributed by atoms with E-state index in [-0.39, 0.29) is 5.97 Å². The number of amides is 2. The van der Waals surface area contributed by atoms with Gasteiger partial charge in [-0.1, -0.05) is 0 Å². The highest BCUT2D eigenvalue weighted by molar-refractivity contribution is 5.74. The fraction of sp³-hybridized carbons (Fsp3) is 0.778. The Bertz CT molecular complexity index is 254. The van der Waals surface area contributed by atoms with Crippen LogP contribution in [0.4, 0.5) is 4.79 Å². The van der Waals surface area contributed by atoms with Crippen LogP contribution in [0.3, 0.4) is 0 Å². The lowest BCUT2D eigenvalue weighted by Gasteiger charge is -2.42. The van der Waals surface area contributed by atoms with Crippen molar-refractivity contribution in [3.8, 4) is 0 Å². The van der Waals surface area contributed by atoms with E-state index in [1.807, 2.05) is 0 Å². The van der Waals surface area contributed by atoms with Crippen LogP contribution in [0.2, 0.25) is 0 Å². The molecule has 0 radical (unpaired) electrons.